The summed E-state index contributed by atoms with van der Waals surface area (Å²) in [6, 6.07) is 5.44. The van der Waals surface area contributed by atoms with Crippen LogP contribution in [0, 0.1) is 13.8 Å². The number of aromatic nitrogens is 2. The van der Waals surface area contributed by atoms with Gasteiger partial charge in [-0.3, -0.25) is 14.3 Å². The molecule has 2 aromatic rings. The first-order valence-corrected chi connectivity index (χ1v) is 8.24. The molecule has 2 heterocycles. The highest BCUT2D eigenvalue weighted by atomic mass is 16.7. The van der Waals surface area contributed by atoms with Crippen LogP contribution in [0.15, 0.2) is 18.2 Å². The molecule has 0 saturated heterocycles. The molecule has 1 amide bonds. The summed E-state index contributed by atoms with van der Waals surface area (Å²) in [7, 11) is 1.82. The number of nitrogens with zero attached hydrogens (tertiary/aromatic N) is 2. The molecule has 1 aliphatic rings. The van der Waals surface area contributed by atoms with Crippen molar-refractivity contribution in [3.8, 4) is 11.5 Å². The van der Waals surface area contributed by atoms with Gasteiger partial charge in [0.1, 0.15) is 0 Å². The van der Waals surface area contributed by atoms with Gasteiger partial charge in [0.25, 0.3) is 5.91 Å². The molecule has 1 aromatic carbocycles. The van der Waals surface area contributed by atoms with Gasteiger partial charge in [-0.25, -0.2) is 0 Å². The molecular weight excluding hydrogens is 338 g/mol. The minimum atomic E-state index is -0.456. The number of benzene rings is 1. The summed E-state index contributed by atoms with van der Waals surface area (Å²) in [5.41, 5.74) is 3.40. The van der Waals surface area contributed by atoms with Crippen LogP contribution in [0.3, 0.4) is 0 Å². The summed E-state index contributed by atoms with van der Waals surface area (Å²) in [6.07, 6.45) is 0.0982. The Morgan fingerprint density at radius 1 is 1.27 bits per heavy atom. The fraction of sp³-hybridized carbons (Fsp3) is 0.389. The average molecular weight is 359 g/mol. The summed E-state index contributed by atoms with van der Waals surface area (Å²) < 4.78 is 17.3. The maximum Gasteiger partial charge on any atom is 0.310 e. The van der Waals surface area contributed by atoms with E-state index < -0.39 is 5.97 Å². The van der Waals surface area contributed by atoms with Gasteiger partial charge in [-0.2, -0.15) is 5.10 Å². The Kier molecular flexibility index (Phi) is 5.11. The SMILES string of the molecule is Cc1nn(C)c(C)c1CC(=O)OCC(=O)NCc1ccc2c(c1)OCO2. The topological polar surface area (TPSA) is 91.7 Å². The summed E-state index contributed by atoms with van der Waals surface area (Å²) >= 11 is 0. The van der Waals surface area contributed by atoms with Gasteiger partial charge in [0.2, 0.25) is 6.79 Å². The maximum absolute atomic E-state index is 12.0. The van der Waals surface area contributed by atoms with E-state index in [9.17, 15) is 9.59 Å². The number of esters is 1. The highest BCUT2D eigenvalue weighted by Crippen LogP contribution is 2.32. The van der Waals surface area contributed by atoms with Crippen LogP contribution in [0.25, 0.3) is 0 Å². The van der Waals surface area contributed by atoms with Gasteiger partial charge in [-0.15, -0.1) is 0 Å². The first-order chi connectivity index (χ1) is 12.4. The maximum atomic E-state index is 12.0. The Morgan fingerprint density at radius 2 is 2.04 bits per heavy atom. The molecule has 3 rings (SSSR count). The van der Waals surface area contributed by atoms with Crippen molar-refractivity contribution < 1.29 is 23.8 Å². The van der Waals surface area contributed by atoms with Crippen LogP contribution >= 0.6 is 0 Å². The third-order valence-corrected chi connectivity index (χ3v) is 4.27. The van der Waals surface area contributed by atoms with Gasteiger partial charge in [0, 0.05) is 24.8 Å². The van der Waals surface area contributed by atoms with Gasteiger partial charge in [0.15, 0.2) is 18.1 Å². The van der Waals surface area contributed by atoms with Gasteiger partial charge in [0.05, 0.1) is 12.1 Å². The molecule has 0 fully saturated rings. The Labute approximate surface area is 151 Å². The van der Waals surface area contributed by atoms with E-state index in [1.54, 1.807) is 10.7 Å². The first kappa shape index (κ1) is 17.8. The van der Waals surface area contributed by atoms with E-state index >= 15 is 0 Å². The second-order valence-electron chi connectivity index (χ2n) is 6.07. The number of carbonyl (C=O) groups is 2. The van der Waals surface area contributed by atoms with Gasteiger partial charge >= 0.3 is 5.97 Å². The predicted octanol–water partition coefficient (Wildman–Crippen LogP) is 1.17. The molecule has 1 aromatic heterocycles. The van der Waals surface area contributed by atoms with Gasteiger partial charge in [-0.05, 0) is 31.5 Å². The van der Waals surface area contributed by atoms with Crippen molar-refractivity contribution in [2.75, 3.05) is 13.4 Å². The number of fused-ring (bicyclic) bond motifs is 1. The van der Waals surface area contributed by atoms with Crippen molar-refractivity contribution in [3.63, 3.8) is 0 Å². The smallest absolute Gasteiger partial charge is 0.310 e. The average Bonchev–Trinajstić information content (AvgIpc) is 3.17. The lowest BCUT2D eigenvalue weighted by Crippen LogP contribution is -2.28. The molecule has 1 aliphatic heterocycles. The molecule has 138 valence electrons. The molecule has 26 heavy (non-hydrogen) atoms. The molecule has 0 spiro atoms. The fourth-order valence-corrected chi connectivity index (χ4v) is 2.72. The van der Waals surface area contributed by atoms with E-state index in [4.69, 9.17) is 14.2 Å². The van der Waals surface area contributed by atoms with Gasteiger partial charge in [-0.1, -0.05) is 6.07 Å². The molecule has 0 unspecified atom stereocenters. The van der Waals surface area contributed by atoms with E-state index in [0.717, 1.165) is 22.5 Å². The quantitative estimate of drug-likeness (QED) is 0.779. The Bertz CT molecular complexity index is 844. The monoisotopic (exact) mass is 359 g/mol. The predicted molar refractivity (Wildman–Crippen MR) is 91.8 cm³/mol. The van der Waals surface area contributed by atoms with Crippen LogP contribution in [-0.4, -0.2) is 35.1 Å². The van der Waals surface area contributed by atoms with Crippen LogP contribution in [0.5, 0.6) is 11.5 Å². The van der Waals surface area contributed by atoms with Crippen molar-refractivity contribution in [3.05, 3.63) is 40.7 Å². The van der Waals surface area contributed by atoms with Crippen molar-refractivity contribution in [1.29, 1.82) is 0 Å². The lowest BCUT2D eigenvalue weighted by molar-refractivity contribution is -0.147. The minimum Gasteiger partial charge on any atom is -0.455 e. The third-order valence-electron chi connectivity index (χ3n) is 4.27. The summed E-state index contributed by atoms with van der Waals surface area (Å²) in [5.74, 6) is 0.526. The van der Waals surface area contributed by atoms with Crippen molar-refractivity contribution in [2.24, 2.45) is 7.05 Å². The van der Waals surface area contributed by atoms with Crippen molar-refractivity contribution in [1.82, 2.24) is 15.1 Å². The fourth-order valence-electron chi connectivity index (χ4n) is 2.72. The van der Waals surface area contributed by atoms with Crippen molar-refractivity contribution in [2.45, 2.75) is 26.8 Å². The molecule has 8 heteroatoms. The molecule has 0 atom stereocenters. The number of amides is 1. The highest BCUT2D eigenvalue weighted by molar-refractivity contribution is 5.81. The van der Waals surface area contributed by atoms with Crippen LogP contribution in [0.4, 0.5) is 0 Å². The number of hydrogen-bond donors (Lipinski definition) is 1. The zero-order valence-corrected chi connectivity index (χ0v) is 15.0. The largest absolute Gasteiger partial charge is 0.455 e. The third kappa shape index (κ3) is 3.96. The van der Waals surface area contributed by atoms with E-state index in [1.165, 1.54) is 0 Å². The summed E-state index contributed by atoms with van der Waals surface area (Å²) in [5, 5.41) is 6.96. The van der Waals surface area contributed by atoms with Gasteiger partial charge < -0.3 is 19.5 Å². The number of rotatable bonds is 6. The van der Waals surface area contributed by atoms with E-state index in [2.05, 4.69) is 10.4 Å². The van der Waals surface area contributed by atoms with E-state index in [1.807, 2.05) is 33.0 Å². The minimum absolute atomic E-state index is 0.0982. The molecule has 0 radical (unpaired) electrons. The standard InChI is InChI=1S/C18H21N3O5/c1-11-14(12(2)21(3)20-11)7-18(23)24-9-17(22)19-8-13-4-5-15-16(6-13)26-10-25-15/h4-6H,7-10H2,1-3H3,(H,19,22). The van der Waals surface area contributed by atoms with Crippen LogP contribution in [-0.2, 0) is 34.3 Å². The molecule has 0 aliphatic carbocycles. The molecule has 0 bridgehead atoms. The van der Waals surface area contributed by atoms with Crippen LogP contribution in [0.2, 0.25) is 0 Å². The summed E-state index contributed by atoms with van der Waals surface area (Å²) in [4.78, 5) is 23.8. The second-order valence-corrected chi connectivity index (χ2v) is 6.07. The molecule has 1 N–H and O–H groups in total. The van der Waals surface area contributed by atoms with Crippen LogP contribution < -0.4 is 14.8 Å². The number of aryl methyl sites for hydroxylation is 2. The van der Waals surface area contributed by atoms with Crippen LogP contribution in [0.1, 0.15) is 22.5 Å². The lowest BCUT2D eigenvalue weighted by atomic mass is 10.1. The molecular formula is C18H21N3O5. The number of nitrogens with one attached hydrogen (secondary N) is 1. The Hall–Kier alpha value is -3.03. The normalized spacial score (nSPS) is 12.1. The first-order valence-electron chi connectivity index (χ1n) is 8.24. The second kappa shape index (κ2) is 7.47. The number of ether oxygens (including phenoxy) is 3. The zero-order chi connectivity index (χ0) is 18.7. The highest BCUT2D eigenvalue weighted by Gasteiger charge is 2.16. The van der Waals surface area contributed by atoms with E-state index in [0.29, 0.717) is 18.0 Å². The molecule has 0 saturated carbocycles. The molecule has 8 nitrogen and oxygen atoms in total. The zero-order valence-electron chi connectivity index (χ0n) is 15.0. The lowest BCUT2D eigenvalue weighted by Gasteiger charge is -2.08. The number of hydrogen-bond acceptors (Lipinski definition) is 6. The number of carbonyl (C=O) groups excluding carboxylic acids is 2. The Balaban J connectivity index is 1.44. The van der Waals surface area contributed by atoms with Crippen molar-refractivity contribution >= 4 is 11.9 Å². The van der Waals surface area contributed by atoms with E-state index in [-0.39, 0.29) is 25.7 Å². The Morgan fingerprint density at radius 3 is 2.77 bits per heavy atom. The summed E-state index contributed by atoms with van der Waals surface area (Å²) in [6.45, 7) is 3.93.